The van der Waals surface area contributed by atoms with E-state index in [1.807, 2.05) is 24.3 Å². The highest BCUT2D eigenvalue weighted by Gasteiger charge is 2.30. The van der Waals surface area contributed by atoms with E-state index in [4.69, 9.17) is 0 Å². The maximum Gasteiger partial charge on any atom is 0.326 e. The summed E-state index contributed by atoms with van der Waals surface area (Å²) in [6, 6.07) is 0. The van der Waals surface area contributed by atoms with Gasteiger partial charge in [0.15, 0.2) is 0 Å². The van der Waals surface area contributed by atoms with Crippen molar-refractivity contribution in [1.82, 2.24) is 9.55 Å². The van der Waals surface area contributed by atoms with Crippen LogP contribution >= 0.6 is 0 Å². The van der Waals surface area contributed by atoms with Crippen LogP contribution in [0, 0.1) is 0 Å². The molecule has 1 aromatic rings. The van der Waals surface area contributed by atoms with E-state index in [1.54, 1.807) is 4.57 Å². The van der Waals surface area contributed by atoms with Crippen molar-refractivity contribution in [2.45, 2.75) is 18.9 Å². The van der Waals surface area contributed by atoms with Gasteiger partial charge in [-0.05, 0) is 6.08 Å². The van der Waals surface area contributed by atoms with Crippen LogP contribution in [0.4, 0.5) is 0 Å². The van der Waals surface area contributed by atoms with Gasteiger partial charge in [0.25, 0.3) is 0 Å². The lowest BCUT2D eigenvalue weighted by molar-refractivity contribution is -0.120. The number of aromatic amines is 1. The van der Waals surface area contributed by atoms with Gasteiger partial charge in [0, 0.05) is 13.0 Å². The Labute approximate surface area is 85.9 Å². The van der Waals surface area contributed by atoms with Gasteiger partial charge in [-0.2, -0.15) is 0 Å². The zero-order chi connectivity index (χ0) is 10.4. The second kappa shape index (κ2) is 2.82. The minimum Gasteiger partial charge on any atom is -0.306 e. The number of rotatable bonds is 0. The Morgan fingerprint density at radius 2 is 2.20 bits per heavy atom. The van der Waals surface area contributed by atoms with E-state index in [0.717, 1.165) is 11.4 Å². The third kappa shape index (κ3) is 1.08. The lowest BCUT2D eigenvalue weighted by atomic mass is 9.93. The molecule has 1 unspecified atom stereocenters. The fraction of sp³-hybridized carbons (Fsp3) is 0.273. The van der Waals surface area contributed by atoms with Crippen LogP contribution in [0.5, 0.6) is 0 Å². The van der Waals surface area contributed by atoms with E-state index in [-0.39, 0.29) is 17.4 Å². The number of nitrogens with zero attached hydrogens (tertiary/aromatic N) is 1. The van der Waals surface area contributed by atoms with Gasteiger partial charge in [0.2, 0.25) is 0 Å². The first kappa shape index (κ1) is 8.47. The summed E-state index contributed by atoms with van der Waals surface area (Å²) in [6.07, 6.45) is 7.84. The fourth-order valence-corrected chi connectivity index (χ4v) is 2.24. The second-order valence-electron chi connectivity index (χ2n) is 3.82. The minimum absolute atomic E-state index is 0.113. The molecule has 1 aromatic heterocycles. The number of carbonyl (C=O) groups excluding carboxylic acids is 1. The van der Waals surface area contributed by atoms with Crippen LogP contribution in [0.2, 0.25) is 0 Å². The van der Waals surface area contributed by atoms with Gasteiger partial charge in [-0.25, -0.2) is 4.79 Å². The average Bonchev–Trinajstić information content (AvgIpc) is 2.43. The number of H-pyrrole nitrogens is 1. The zero-order valence-corrected chi connectivity index (χ0v) is 8.06. The lowest BCUT2D eigenvalue weighted by Crippen LogP contribution is -2.29. The van der Waals surface area contributed by atoms with E-state index >= 15 is 0 Å². The van der Waals surface area contributed by atoms with Crippen molar-refractivity contribution in [1.29, 1.82) is 0 Å². The second-order valence-corrected chi connectivity index (χ2v) is 3.82. The van der Waals surface area contributed by atoms with Gasteiger partial charge in [-0.1, -0.05) is 18.2 Å². The van der Waals surface area contributed by atoms with Crippen molar-refractivity contribution in [3.63, 3.8) is 0 Å². The summed E-state index contributed by atoms with van der Waals surface area (Å²) in [6.45, 7) is 0.502. The first-order chi connectivity index (χ1) is 7.27. The van der Waals surface area contributed by atoms with Crippen molar-refractivity contribution in [2.24, 2.45) is 0 Å². The number of ketones is 1. The average molecular weight is 202 g/mol. The molecule has 4 heteroatoms. The summed E-state index contributed by atoms with van der Waals surface area (Å²) < 4.78 is 1.67. The third-order valence-corrected chi connectivity index (χ3v) is 2.95. The van der Waals surface area contributed by atoms with Gasteiger partial charge >= 0.3 is 5.69 Å². The van der Waals surface area contributed by atoms with Gasteiger partial charge in [-0.15, -0.1) is 0 Å². The van der Waals surface area contributed by atoms with Crippen molar-refractivity contribution < 1.29 is 4.79 Å². The van der Waals surface area contributed by atoms with Gasteiger partial charge < -0.3 is 4.98 Å². The smallest absolute Gasteiger partial charge is 0.306 e. The molecule has 0 spiro atoms. The molecule has 0 fully saturated rings. The summed E-state index contributed by atoms with van der Waals surface area (Å²) in [4.78, 5) is 26.1. The van der Waals surface area contributed by atoms with Crippen LogP contribution in [0.1, 0.15) is 23.7 Å². The van der Waals surface area contributed by atoms with Crippen LogP contribution in [0.3, 0.4) is 0 Å². The molecular weight excluding hydrogens is 192 g/mol. The highest BCUT2D eigenvalue weighted by Crippen LogP contribution is 2.28. The number of hydrogen-bond acceptors (Lipinski definition) is 2. The molecular formula is C11H10N2O2. The summed E-state index contributed by atoms with van der Waals surface area (Å²) in [7, 11) is 0. The predicted molar refractivity (Wildman–Crippen MR) is 55.6 cm³/mol. The molecule has 2 aliphatic rings. The molecule has 1 aliphatic carbocycles. The highest BCUT2D eigenvalue weighted by molar-refractivity contribution is 5.89. The van der Waals surface area contributed by atoms with E-state index in [9.17, 15) is 9.59 Å². The molecule has 0 saturated carbocycles. The van der Waals surface area contributed by atoms with E-state index < -0.39 is 0 Å². The highest BCUT2D eigenvalue weighted by atomic mass is 16.1. The van der Waals surface area contributed by atoms with E-state index in [2.05, 4.69) is 4.98 Å². The summed E-state index contributed by atoms with van der Waals surface area (Å²) in [5, 5.41) is 0. The molecule has 1 atom stereocenters. The molecule has 76 valence electrons. The molecule has 0 radical (unpaired) electrons. The molecule has 1 aliphatic heterocycles. The van der Waals surface area contributed by atoms with Crippen LogP contribution in [-0.4, -0.2) is 15.3 Å². The molecule has 0 saturated heterocycles. The molecule has 3 rings (SSSR count). The Balaban J connectivity index is 2.34. The van der Waals surface area contributed by atoms with Crippen LogP contribution < -0.4 is 5.69 Å². The lowest BCUT2D eigenvalue weighted by Gasteiger charge is -2.20. The van der Waals surface area contributed by atoms with Gasteiger partial charge in [-0.3, -0.25) is 9.36 Å². The molecule has 1 N–H and O–H groups in total. The Bertz CT molecular complexity index is 545. The maximum atomic E-state index is 11.7. The van der Waals surface area contributed by atoms with Gasteiger partial charge in [0.05, 0.1) is 17.3 Å². The van der Waals surface area contributed by atoms with Crippen molar-refractivity contribution in [3.05, 3.63) is 40.1 Å². The van der Waals surface area contributed by atoms with Gasteiger partial charge in [0.1, 0.15) is 5.78 Å². The van der Waals surface area contributed by atoms with Crippen molar-refractivity contribution in [2.75, 3.05) is 0 Å². The Morgan fingerprint density at radius 1 is 1.33 bits per heavy atom. The minimum atomic E-state index is -0.248. The molecule has 0 bridgehead atoms. The van der Waals surface area contributed by atoms with E-state index in [1.165, 1.54) is 0 Å². The van der Waals surface area contributed by atoms with Crippen molar-refractivity contribution >= 4 is 11.9 Å². The van der Waals surface area contributed by atoms with Crippen molar-refractivity contribution in [3.8, 4) is 0 Å². The quantitative estimate of drug-likeness (QED) is 0.677. The van der Waals surface area contributed by atoms with Crippen LogP contribution in [0.25, 0.3) is 6.08 Å². The molecule has 2 heterocycles. The summed E-state index contributed by atoms with van der Waals surface area (Å²) in [5.74, 6) is -0.0575. The third-order valence-electron chi connectivity index (χ3n) is 2.95. The summed E-state index contributed by atoms with van der Waals surface area (Å²) in [5.41, 5.74) is 1.47. The van der Waals surface area contributed by atoms with E-state index in [0.29, 0.717) is 13.0 Å². The maximum absolute atomic E-state index is 11.7. The number of aromatic nitrogens is 2. The standard InChI is InChI=1S/C11H10N2O2/c14-9-5-6-13-10-7(9)3-1-2-4-8(10)12-11(13)15/h1-4,7H,5-6H2,(H,12,15). The number of Topliss-reactive ketones (excluding diaryl/α,β-unsaturated/α-hetero) is 1. The largest absolute Gasteiger partial charge is 0.326 e. The first-order valence-corrected chi connectivity index (χ1v) is 4.97. The number of nitrogens with one attached hydrogen (secondary N) is 1. The van der Waals surface area contributed by atoms with Crippen LogP contribution in [-0.2, 0) is 11.3 Å². The fourth-order valence-electron chi connectivity index (χ4n) is 2.24. The Morgan fingerprint density at radius 3 is 3.07 bits per heavy atom. The molecule has 4 nitrogen and oxygen atoms in total. The zero-order valence-electron chi connectivity index (χ0n) is 8.06. The monoisotopic (exact) mass is 202 g/mol. The number of imidazole rings is 1. The summed E-state index contributed by atoms with van der Waals surface area (Å²) >= 11 is 0. The molecule has 0 aromatic carbocycles. The number of hydrogen-bond donors (Lipinski definition) is 1. The van der Waals surface area contributed by atoms with Crippen LogP contribution in [0.15, 0.2) is 23.0 Å². The topological polar surface area (TPSA) is 54.9 Å². The predicted octanol–water partition coefficient (Wildman–Crippen LogP) is 0.816. The first-order valence-electron chi connectivity index (χ1n) is 4.97. The number of allylic oxidation sites excluding steroid dienone is 3. The number of carbonyl (C=O) groups is 1. The SMILES string of the molecule is O=C1CCn2c3c([nH]c2=O)C=CC=CC13. The Kier molecular flexibility index (Phi) is 1.59. The normalized spacial score (nSPS) is 22.7. The molecule has 15 heavy (non-hydrogen) atoms. The Hall–Kier alpha value is -1.84. The molecule has 0 amide bonds.